The Morgan fingerprint density at radius 3 is 2.36 bits per heavy atom. The average molecular weight is 388 g/mol. The van der Waals surface area contributed by atoms with Gasteiger partial charge in [0.2, 0.25) is 0 Å². The number of Topliss-reactive ketones (excluding diaryl/α,β-unsaturated/α-hetero) is 1. The van der Waals surface area contributed by atoms with Crippen molar-refractivity contribution < 1.29 is 15.0 Å². The molecule has 2 aliphatic carbocycles. The SMILES string of the molecule is C[C@@H]1[C@H](NC(=N)N)C[C@H]2C(C)(C)CCC[C@]2(C)[C@H]1C(=O)c1cc(O)cc(O)c1. The molecule has 2 aliphatic rings. The van der Waals surface area contributed by atoms with Crippen LogP contribution in [-0.2, 0) is 0 Å². The van der Waals surface area contributed by atoms with E-state index in [9.17, 15) is 15.0 Å². The second-order valence-electron chi connectivity index (χ2n) is 9.74. The summed E-state index contributed by atoms with van der Waals surface area (Å²) in [5.41, 5.74) is 5.88. The number of hydrogen-bond donors (Lipinski definition) is 5. The molecule has 1 aromatic carbocycles. The van der Waals surface area contributed by atoms with E-state index in [0.717, 1.165) is 25.7 Å². The van der Waals surface area contributed by atoms with Crippen LogP contribution in [-0.4, -0.2) is 28.0 Å². The Bertz CT molecular complexity index is 771. The van der Waals surface area contributed by atoms with Crippen molar-refractivity contribution >= 4 is 11.7 Å². The third kappa shape index (κ3) is 3.45. The molecule has 3 rings (SSSR count). The van der Waals surface area contributed by atoms with E-state index in [4.69, 9.17) is 11.1 Å². The molecule has 0 heterocycles. The summed E-state index contributed by atoms with van der Waals surface area (Å²) >= 11 is 0. The van der Waals surface area contributed by atoms with E-state index in [2.05, 4.69) is 33.0 Å². The summed E-state index contributed by atoms with van der Waals surface area (Å²) < 4.78 is 0. The molecule has 5 atom stereocenters. The molecular formula is C22H33N3O3. The van der Waals surface area contributed by atoms with Crippen LogP contribution in [0.15, 0.2) is 18.2 Å². The third-order valence-corrected chi connectivity index (χ3v) is 7.45. The van der Waals surface area contributed by atoms with Crippen LogP contribution in [0.4, 0.5) is 0 Å². The second kappa shape index (κ2) is 6.98. The van der Waals surface area contributed by atoms with Gasteiger partial charge in [-0.25, -0.2) is 0 Å². The van der Waals surface area contributed by atoms with Gasteiger partial charge in [0.15, 0.2) is 11.7 Å². The molecule has 28 heavy (non-hydrogen) atoms. The molecule has 1 aromatic rings. The van der Waals surface area contributed by atoms with Gasteiger partial charge in [-0.3, -0.25) is 10.2 Å². The first-order chi connectivity index (χ1) is 13.0. The fourth-order valence-electron chi connectivity index (χ4n) is 6.27. The number of ketones is 1. The molecule has 154 valence electrons. The fraction of sp³-hybridized carbons (Fsp3) is 0.636. The summed E-state index contributed by atoms with van der Waals surface area (Å²) in [5.74, 6) is -0.373. The number of guanidine groups is 1. The van der Waals surface area contributed by atoms with Gasteiger partial charge in [0, 0.05) is 23.6 Å². The molecule has 2 fully saturated rings. The van der Waals surface area contributed by atoms with Crippen molar-refractivity contribution in [3.63, 3.8) is 0 Å². The van der Waals surface area contributed by atoms with Gasteiger partial charge in [-0.05, 0) is 54.1 Å². The molecule has 0 saturated heterocycles. The molecule has 6 nitrogen and oxygen atoms in total. The van der Waals surface area contributed by atoms with Crippen molar-refractivity contribution in [2.75, 3.05) is 0 Å². The first kappa shape index (κ1) is 20.5. The second-order valence-corrected chi connectivity index (χ2v) is 9.74. The maximum absolute atomic E-state index is 13.7. The summed E-state index contributed by atoms with van der Waals surface area (Å²) in [6.07, 6.45) is 4.04. The van der Waals surface area contributed by atoms with Crippen LogP contribution in [0, 0.1) is 34.0 Å². The Kier molecular flexibility index (Phi) is 5.11. The number of aromatic hydroxyl groups is 2. The average Bonchev–Trinajstić information content (AvgIpc) is 2.54. The molecule has 0 aromatic heterocycles. The van der Waals surface area contributed by atoms with Gasteiger partial charge in [-0.2, -0.15) is 0 Å². The first-order valence-corrected chi connectivity index (χ1v) is 10.1. The lowest BCUT2D eigenvalue weighted by molar-refractivity contribution is -0.0892. The lowest BCUT2D eigenvalue weighted by Crippen LogP contribution is -2.61. The molecule has 6 N–H and O–H groups in total. The summed E-state index contributed by atoms with van der Waals surface area (Å²) in [6.45, 7) is 8.83. The van der Waals surface area contributed by atoms with Gasteiger partial charge in [-0.1, -0.05) is 34.1 Å². The van der Waals surface area contributed by atoms with Gasteiger partial charge in [-0.15, -0.1) is 0 Å². The number of phenols is 2. The maximum Gasteiger partial charge on any atom is 0.185 e. The molecule has 2 saturated carbocycles. The zero-order chi connectivity index (χ0) is 20.9. The molecule has 0 unspecified atom stereocenters. The highest BCUT2D eigenvalue weighted by molar-refractivity contribution is 5.99. The van der Waals surface area contributed by atoms with Gasteiger partial charge in [0.25, 0.3) is 0 Å². The number of rotatable bonds is 3. The Labute approximate surface area is 167 Å². The van der Waals surface area contributed by atoms with E-state index in [1.165, 1.54) is 18.2 Å². The minimum Gasteiger partial charge on any atom is -0.508 e. The molecule has 0 spiro atoms. The Hall–Kier alpha value is -2.24. The molecule has 6 heteroatoms. The topological polar surface area (TPSA) is 119 Å². The van der Waals surface area contributed by atoms with Crippen molar-refractivity contribution in [2.45, 2.75) is 59.4 Å². The van der Waals surface area contributed by atoms with Gasteiger partial charge in [0.1, 0.15) is 11.5 Å². The summed E-state index contributed by atoms with van der Waals surface area (Å²) in [7, 11) is 0. The Morgan fingerprint density at radius 2 is 1.79 bits per heavy atom. The zero-order valence-corrected chi connectivity index (χ0v) is 17.2. The largest absolute Gasteiger partial charge is 0.508 e. The number of carbonyl (C=O) groups is 1. The summed E-state index contributed by atoms with van der Waals surface area (Å²) in [5, 5.41) is 30.6. The number of nitrogens with one attached hydrogen (secondary N) is 2. The zero-order valence-electron chi connectivity index (χ0n) is 17.2. The Balaban J connectivity index is 2.08. The minimum atomic E-state index is -0.288. The smallest absolute Gasteiger partial charge is 0.185 e. The lowest BCUT2D eigenvalue weighted by Gasteiger charge is -2.60. The fourth-order valence-corrected chi connectivity index (χ4v) is 6.27. The van der Waals surface area contributed by atoms with E-state index in [1.54, 1.807) is 0 Å². The van der Waals surface area contributed by atoms with Gasteiger partial charge >= 0.3 is 0 Å². The number of nitrogens with two attached hydrogens (primary N) is 1. The van der Waals surface area contributed by atoms with Crippen LogP contribution in [0.2, 0.25) is 0 Å². The highest BCUT2D eigenvalue weighted by atomic mass is 16.3. The van der Waals surface area contributed by atoms with Crippen LogP contribution in [0.25, 0.3) is 0 Å². The molecular weight excluding hydrogens is 354 g/mol. The molecule has 0 amide bonds. The van der Waals surface area contributed by atoms with Crippen LogP contribution in [0.5, 0.6) is 11.5 Å². The highest BCUT2D eigenvalue weighted by Crippen LogP contribution is 2.61. The monoisotopic (exact) mass is 387 g/mol. The van der Waals surface area contributed by atoms with Crippen LogP contribution < -0.4 is 11.1 Å². The summed E-state index contributed by atoms with van der Waals surface area (Å²) in [6, 6.07) is 4.04. The van der Waals surface area contributed by atoms with Gasteiger partial charge < -0.3 is 21.3 Å². The standard InChI is InChI=1S/C22H33N3O3/c1-12-16(25-20(23)24)11-17-21(2,3)6-5-7-22(17,4)18(12)19(28)13-8-14(26)10-15(27)9-13/h8-10,12,16-18,26-27H,5-7,11H2,1-4H3,(H4,23,24,25)/t12-,16-,17+,18-,22+/m1/s1. The van der Waals surface area contributed by atoms with E-state index < -0.39 is 0 Å². The lowest BCUT2D eigenvalue weighted by atomic mass is 9.45. The molecule has 0 radical (unpaired) electrons. The Morgan fingerprint density at radius 1 is 1.18 bits per heavy atom. The van der Waals surface area contributed by atoms with E-state index in [0.29, 0.717) is 11.5 Å². The number of phenolic OH excluding ortho intramolecular Hbond substituents is 2. The van der Waals surface area contributed by atoms with E-state index in [1.807, 2.05) is 0 Å². The van der Waals surface area contributed by atoms with Gasteiger partial charge in [0.05, 0.1) is 0 Å². The summed E-state index contributed by atoms with van der Waals surface area (Å²) in [4.78, 5) is 13.7. The van der Waals surface area contributed by atoms with Crippen molar-refractivity contribution in [1.29, 1.82) is 5.41 Å². The number of carbonyl (C=O) groups excluding carboxylic acids is 1. The number of benzene rings is 1. The van der Waals surface area contributed by atoms with Crippen LogP contribution in [0.1, 0.15) is 63.7 Å². The number of hydrogen-bond acceptors (Lipinski definition) is 4. The maximum atomic E-state index is 13.7. The van der Waals surface area contributed by atoms with Crippen molar-refractivity contribution in [1.82, 2.24) is 5.32 Å². The predicted octanol–water partition coefficient (Wildman–Crippen LogP) is 3.62. The van der Waals surface area contributed by atoms with Crippen LogP contribution in [0.3, 0.4) is 0 Å². The van der Waals surface area contributed by atoms with E-state index in [-0.39, 0.29) is 51.9 Å². The quantitative estimate of drug-likeness (QED) is 0.308. The van der Waals surface area contributed by atoms with Crippen LogP contribution >= 0.6 is 0 Å². The van der Waals surface area contributed by atoms with Crippen molar-refractivity contribution in [3.8, 4) is 11.5 Å². The van der Waals surface area contributed by atoms with Crippen molar-refractivity contribution in [2.24, 2.45) is 34.3 Å². The predicted molar refractivity (Wildman–Crippen MR) is 109 cm³/mol. The minimum absolute atomic E-state index is 0.0314. The van der Waals surface area contributed by atoms with Crippen molar-refractivity contribution in [3.05, 3.63) is 23.8 Å². The third-order valence-electron chi connectivity index (χ3n) is 7.45. The first-order valence-electron chi connectivity index (χ1n) is 10.1. The normalized spacial score (nSPS) is 34.3. The molecule has 0 aliphatic heterocycles. The highest BCUT2D eigenvalue weighted by Gasteiger charge is 2.58. The van der Waals surface area contributed by atoms with E-state index >= 15 is 0 Å². The molecule has 0 bridgehead atoms. The number of fused-ring (bicyclic) bond motifs is 1.